The standard InChI is InChI=1S/C10H10INO2/c1-14-8-4-3-7(11)6-2-5-9(13)12-10(6)8/h3-4H,2,5H2,1H3,(H,12,13). The molecule has 0 unspecified atom stereocenters. The molecule has 74 valence electrons. The molecule has 2 rings (SSSR count). The summed E-state index contributed by atoms with van der Waals surface area (Å²) in [5.41, 5.74) is 2.03. The maximum Gasteiger partial charge on any atom is 0.224 e. The first-order valence-electron chi connectivity index (χ1n) is 4.37. The van der Waals surface area contributed by atoms with Crippen molar-refractivity contribution in [2.45, 2.75) is 12.8 Å². The Morgan fingerprint density at radius 2 is 2.21 bits per heavy atom. The number of rotatable bonds is 1. The fourth-order valence-corrected chi connectivity index (χ4v) is 2.31. The van der Waals surface area contributed by atoms with Crippen LogP contribution in [0.25, 0.3) is 0 Å². The summed E-state index contributed by atoms with van der Waals surface area (Å²) in [6.07, 6.45) is 1.37. The van der Waals surface area contributed by atoms with Gasteiger partial charge in [-0.25, -0.2) is 0 Å². The third-order valence-electron chi connectivity index (χ3n) is 2.30. The van der Waals surface area contributed by atoms with Crippen LogP contribution in [0.15, 0.2) is 12.1 Å². The molecule has 0 spiro atoms. The zero-order valence-corrected chi connectivity index (χ0v) is 9.92. The van der Waals surface area contributed by atoms with Crippen LogP contribution in [-0.2, 0) is 11.2 Å². The number of hydrogen-bond acceptors (Lipinski definition) is 2. The molecular weight excluding hydrogens is 293 g/mol. The molecule has 4 heteroatoms. The number of carbonyl (C=O) groups excluding carboxylic acids is 1. The molecule has 3 nitrogen and oxygen atoms in total. The van der Waals surface area contributed by atoms with E-state index in [1.807, 2.05) is 12.1 Å². The molecule has 0 atom stereocenters. The van der Waals surface area contributed by atoms with Crippen molar-refractivity contribution in [1.82, 2.24) is 0 Å². The zero-order valence-electron chi connectivity index (χ0n) is 7.76. The largest absolute Gasteiger partial charge is 0.495 e. The van der Waals surface area contributed by atoms with Crippen LogP contribution >= 0.6 is 22.6 Å². The second-order valence-corrected chi connectivity index (χ2v) is 4.31. The number of benzene rings is 1. The SMILES string of the molecule is COc1ccc(I)c2c1NC(=O)CC2. The lowest BCUT2D eigenvalue weighted by Crippen LogP contribution is -2.20. The van der Waals surface area contributed by atoms with Gasteiger partial charge in [-0.2, -0.15) is 0 Å². The lowest BCUT2D eigenvalue weighted by Gasteiger charge is -2.20. The molecule has 1 aliphatic rings. The van der Waals surface area contributed by atoms with Crippen LogP contribution in [0.4, 0.5) is 5.69 Å². The van der Waals surface area contributed by atoms with Crippen molar-refractivity contribution in [3.63, 3.8) is 0 Å². The van der Waals surface area contributed by atoms with E-state index in [1.54, 1.807) is 7.11 Å². The summed E-state index contributed by atoms with van der Waals surface area (Å²) in [7, 11) is 1.61. The normalized spacial score (nSPS) is 14.6. The van der Waals surface area contributed by atoms with E-state index in [-0.39, 0.29) is 5.91 Å². The Hall–Kier alpha value is -0.780. The minimum absolute atomic E-state index is 0.0674. The fourth-order valence-electron chi connectivity index (χ4n) is 1.59. The minimum atomic E-state index is 0.0674. The van der Waals surface area contributed by atoms with Crippen molar-refractivity contribution in [2.24, 2.45) is 0 Å². The van der Waals surface area contributed by atoms with Crippen LogP contribution in [0, 0.1) is 3.57 Å². The molecular formula is C10H10INO2. The van der Waals surface area contributed by atoms with Gasteiger partial charge in [0.2, 0.25) is 5.91 Å². The van der Waals surface area contributed by atoms with Gasteiger partial charge in [0.25, 0.3) is 0 Å². The van der Waals surface area contributed by atoms with Crippen molar-refractivity contribution in [3.05, 3.63) is 21.3 Å². The molecule has 0 saturated heterocycles. The number of amides is 1. The molecule has 14 heavy (non-hydrogen) atoms. The van der Waals surface area contributed by atoms with Gasteiger partial charge in [-0.1, -0.05) is 0 Å². The Balaban J connectivity index is 2.54. The summed E-state index contributed by atoms with van der Waals surface area (Å²) in [6.45, 7) is 0. The van der Waals surface area contributed by atoms with Gasteiger partial charge >= 0.3 is 0 Å². The van der Waals surface area contributed by atoms with Gasteiger partial charge in [0.15, 0.2) is 0 Å². The summed E-state index contributed by atoms with van der Waals surface area (Å²) in [6, 6.07) is 3.89. The zero-order chi connectivity index (χ0) is 10.1. The molecule has 0 saturated carbocycles. The highest BCUT2D eigenvalue weighted by molar-refractivity contribution is 14.1. The highest BCUT2D eigenvalue weighted by Crippen LogP contribution is 2.35. The molecule has 0 bridgehead atoms. The highest BCUT2D eigenvalue weighted by Gasteiger charge is 2.20. The van der Waals surface area contributed by atoms with Crippen molar-refractivity contribution in [3.8, 4) is 5.75 Å². The quantitative estimate of drug-likeness (QED) is 0.808. The van der Waals surface area contributed by atoms with Crippen LogP contribution in [0.2, 0.25) is 0 Å². The lowest BCUT2D eigenvalue weighted by molar-refractivity contribution is -0.116. The molecule has 0 radical (unpaired) electrons. The summed E-state index contributed by atoms with van der Waals surface area (Å²) < 4.78 is 6.38. The molecule has 1 amide bonds. The van der Waals surface area contributed by atoms with Crippen molar-refractivity contribution in [1.29, 1.82) is 0 Å². The number of hydrogen-bond donors (Lipinski definition) is 1. The number of halogens is 1. The first kappa shape index (κ1) is 9.76. The number of anilines is 1. The average Bonchev–Trinajstić information content (AvgIpc) is 2.18. The van der Waals surface area contributed by atoms with Crippen molar-refractivity contribution in [2.75, 3.05) is 12.4 Å². The van der Waals surface area contributed by atoms with E-state index in [2.05, 4.69) is 27.9 Å². The van der Waals surface area contributed by atoms with Crippen LogP contribution in [-0.4, -0.2) is 13.0 Å². The third-order valence-corrected chi connectivity index (χ3v) is 3.31. The van der Waals surface area contributed by atoms with E-state index in [0.29, 0.717) is 6.42 Å². The van der Waals surface area contributed by atoms with Gasteiger partial charge < -0.3 is 10.1 Å². The van der Waals surface area contributed by atoms with E-state index in [0.717, 1.165) is 17.9 Å². The van der Waals surface area contributed by atoms with E-state index >= 15 is 0 Å². The fraction of sp³-hybridized carbons (Fsp3) is 0.300. The first-order chi connectivity index (χ1) is 6.72. The second kappa shape index (κ2) is 3.76. The maximum absolute atomic E-state index is 11.2. The predicted molar refractivity (Wildman–Crippen MR) is 62.7 cm³/mol. The van der Waals surface area contributed by atoms with Gasteiger partial charge in [0.05, 0.1) is 12.8 Å². The van der Waals surface area contributed by atoms with Gasteiger partial charge in [-0.3, -0.25) is 4.79 Å². The number of fused-ring (bicyclic) bond motifs is 1. The van der Waals surface area contributed by atoms with Crippen LogP contribution < -0.4 is 10.1 Å². The Bertz CT molecular complexity index is 390. The van der Waals surface area contributed by atoms with Crippen molar-refractivity contribution >= 4 is 34.2 Å². The van der Waals surface area contributed by atoms with Gasteiger partial charge in [0.1, 0.15) is 5.75 Å². The third kappa shape index (κ3) is 1.58. The molecule has 1 heterocycles. The monoisotopic (exact) mass is 303 g/mol. The molecule has 0 aliphatic carbocycles. The molecule has 0 aromatic heterocycles. The number of nitrogens with one attached hydrogen (secondary N) is 1. The number of methoxy groups -OCH3 is 1. The molecule has 1 aromatic rings. The van der Waals surface area contributed by atoms with E-state index in [1.165, 1.54) is 9.13 Å². The molecule has 0 fully saturated rings. The topological polar surface area (TPSA) is 38.3 Å². The smallest absolute Gasteiger partial charge is 0.224 e. The maximum atomic E-state index is 11.2. The Labute approximate surface area is 96.0 Å². The predicted octanol–water partition coefficient (Wildman–Crippen LogP) is 2.18. The average molecular weight is 303 g/mol. The summed E-state index contributed by atoms with van der Waals surface area (Å²) in [5.74, 6) is 0.811. The number of ether oxygens (including phenoxy) is 1. The van der Waals surface area contributed by atoms with Gasteiger partial charge in [-0.15, -0.1) is 0 Å². The van der Waals surface area contributed by atoms with Crippen LogP contribution in [0.1, 0.15) is 12.0 Å². The first-order valence-corrected chi connectivity index (χ1v) is 5.45. The Morgan fingerprint density at radius 1 is 1.43 bits per heavy atom. The highest BCUT2D eigenvalue weighted by atomic mass is 127. The summed E-state index contributed by atoms with van der Waals surface area (Å²) in [4.78, 5) is 11.2. The molecule has 1 aromatic carbocycles. The van der Waals surface area contributed by atoms with E-state index < -0.39 is 0 Å². The summed E-state index contributed by atoms with van der Waals surface area (Å²) in [5, 5.41) is 2.85. The van der Waals surface area contributed by atoms with Crippen LogP contribution in [0.3, 0.4) is 0 Å². The van der Waals surface area contributed by atoms with E-state index in [4.69, 9.17) is 4.74 Å². The lowest BCUT2D eigenvalue weighted by atomic mass is 10.0. The second-order valence-electron chi connectivity index (χ2n) is 3.15. The Kier molecular flexibility index (Phi) is 2.62. The van der Waals surface area contributed by atoms with E-state index in [9.17, 15) is 4.79 Å². The van der Waals surface area contributed by atoms with Gasteiger partial charge in [0, 0.05) is 9.99 Å². The summed E-state index contributed by atoms with van der Waals surface area (Å²) >= 11 is 2.28. The van der Waals surface area contributed by atoms with Gasteiger partial charge in [-0.05, 0) is 46.7 Å². The number of carbonyl (C=O) groups is 1. The molecule has 1 aliphatic heterocycles. The minimum Gasteiger partial charge on any atom is -0.495 e. The van der Waals surface area contributed by atoms with Crippen LogP contribution in [0.5, 0.6) is 5.75 Å². The Morgan fingerprint density at radius 3 is 2.93 bits per heavy atom. The van der Waals surface area contributed by atoms with Crippen molar-refractivity contribution < 1.29 is 9.53 Å². The molecule has 1 N–H and O–H groups in total.